The smallest absolute Gasteiger partial charge is 0.339 e. The molecule has 6 aromatic carbocycles. The maximum atomic E-state index is 10.9. The molecule has 0 amide bonds. The fraction of sp³-hybridized carbons (Fsp3) is 0. The SMILES string of the molecule is O=C(O)c1ccccc1O.Oc1ccccc1C=Nc1ccc2ccccc2c1-c1c(O)ccc2ccccc12.[Ti]. The van der Waals surface area contributed by atoms with Gasteiger partial charge in [-0.1, -0.05) is 84.9 Å². The van der Waals surface area contributed by atoms with Crippen molar-refractivity contribution in [2.24, 2.45) is 4.99 Å². The zero-order valence-electron chi connectivity index (χ0n) is 21.8. The van der Waals surface area contributed by atoms with Crippen LogP contribution in [0.2, 0.25) is 0 Å². The van der Waals surface area contributed by atoms with Gasteiger partial charge in [-0.2, -0.15) is 0 Å². The Labute approximate surface area is 251 Å². The number of carbonyl (C=O) groups is 1. The van der Waals surface area contributed by atoms with Crippen LogP contribution in [0.5, 0.6) is 17.2 Å². The predicted molar refractivity (Wildman–Crippen MR) is 159 cm³/mol. The van der Waals surface area contributed by atoms with Gasteiger partial charge in [0.15, 0.2) is 0 Å². The average molecular weight is 575 g/mol. The summed E-state index contributed by atoms with van der Waals surface area (Å²) in [5.41, 5.74) is 2.92. The Bertz CT molecular complexity index is 1880. The van der Waals surface area contributed by atoms with Crippen LogP contribution < -0.4 is 0 Å². The van der Waals surface area contributed by atoms with Crippen molar-refractivity contribution in [1.29, 1.82) is 0 Å². The molecule has 41 heavy (non-hydrogen) atoms. The topological polar surface area (TPSA) is 110 Å². The van der Waals surface area contributed by atoms with Gasteiger partial charge in [0.25, 0.3) is 0 Å². The molecule has 7 heteroatoms. The summed E-state index contributed by atoms with van der Waals surface area (Å²) in [4.78, 5) is 15.0. The Morgan fingerprint density at radius 1 is 0.561 bits per heavy atom. The quantitative estimate of drug-likeness (QED) is 0.126. The number of phenolic OH excluding ortho intramolecular Hbond substituents is 2. The van der Waals surface area contributed by atoms with Crippen LogP contribution in [0.15, 0.2) is 126 Å². The number of rotatable bonds is 4. The summed E-state index contributed by atoms with van der Waals surface area (Å²) in [5.74, 6) is -0.922. The standard InChI is InChI=1S/C27H19NO2.C7H6O3.Ti/c29-24-12-6-3-9-20(24)17-28-23-15-13-18-7-1-4-10-21(18)26(23)27-22-11-5-2-8-19(22)14-16-25(27)30;8-6-4-2-1-3-5(6)7(9)10;/h1-17,29-30H;1-4,8H,(H,9,10);. The van der Waals surface area contributed by atoms with Gasteiger partial charge in [-0.05, 0) is 57.9 Å². The van der Waals surface area contributed by atoms with E-state index in [4.69, 9.17) is 15.2 Å². The molecule has 0 fully saturated rings. The van der Waals surface area contributed by atoms with Crippen molar-refractivity contribution in [3.05, 3.63) is 132 Å². The monoisotopic (exact) mass is 575 g/mol. The second kappa shape index (κ2) is 13.0. The molecular formula is C34H25NO5Ti. The van der Waals surface area contributed by atoms with E-state index in [0.29, 0.717) is 5.56 Å². The number of hydrogen-bond donors (Lipinski definition) is 4. The molecule has 6 aromatic rings. The number of aliphatic imine (C=N–C) groups is 1. The van der Waals surface area contributed by atoms with Crippen LogP contribution in [-0.4, -0.2) is 32.6 Å². The molecule has 200 valence electrons. The first-order valence-electron chi connectivity index (χ1n) is 12.5. The Hall–Kier alpha value is -4.91. The van der Waals surface area contributed by atoms with Crippen LogP contribution in [-0.2, 0) is 21.7 Å². The maximum absolute atomic E-state index is 10.9. The minimum absolute atomic E-state index is 0. The molecule has 0 saturated carbocycles. The molecule has 0 saturated heterocycles. The van der Waals surface area contributed by atoms with E-state index in [-0.39, 0.29) is 44.5 Å². The summed E-state index contributed by atoms with van der Waals surface area (Å²) in [6.45, 7) is 0. The normalized spacial score (nSPS) is 10.6. The first-order chi connectivity index (χ1) is 19.4. The molecule has 0 bridgehead atoms. The molecule has 0 atom stereocenters. The molecule has 6 rings (SSSR count). The molecule has 0 aliphatic rings. The fourth-order valence-electron chi connectivity index (χ4n) is 4.54. The molecule has 0 unspecified atom stereocenters. The minimum atomic E-state index is -1.11. The fourth-order valence-corrected chi connectivity index (χ4v) is 4.54. The number of benzene rings is 6. The molecular weight excluding hydrogens is 550 g/mol. The number of aromatic carboxylic acids is 1. The Morgan fingerprint density at radius 2 is 1.10 bits per heavy atom. The van der Waals surface area contributed by atoms with Gasteiger partial charge in [0.1, 0.15) is 22.8 Å². The van der Waals surface area contributed by atoms with Crippen molar-refractivity contribution in [2.45, 2.75) is 0 Å². The molecule has 6 nitrogen and oxygen atoms in total. The molecule has 0 radical (unpaired) electrons. The average Bonchev–Trinajstić information content (AvgIpc) is 2.97. The number of nitrogens with zero attached hydrogens (tertiary/aromatic N) is 1. The zero-order chi connectivity index (χ0) is 28.1. The second-order valence-electron chi connectivity index (χ2n) is 9.00. The minimum Gasteiger partial charge on any atom is -0.507 e. The molecule has 0 heterocycles. The zero-order valence-corrected chi connectivity index (χ0v) is 23.3. The van der Waals surface area contributed by atoms with Gasteiger partial charge in [0, 0.05) is 44.6 Å². The van der Waals surface area contributed by atoms with Crippen LogP contribution in [0.1, 0.15) is 15.9 Å². The molecule has 4 N–H and O–H groups in total. The van der Waals surface area contributed by atoms with E-state index < -0.39 is 5.97 Å². The molecule has 0 aliphatic carbocycles. The third-order valence-electron chi connectivity index (χ3n) is 6.48. The third kappa shape index (κ3) is 6.30. The van der Waals surface area contributed by atoms with Crippen LogP contribution in [0.3, 0.4) is 0 Å². The number of phenols is 3. The number of aromatic hydroxyl groups is 3. The first kappa shape index (κ1) is 29.1. The van der Waals surface area contributed by atoms with Crippen LogP contribution >= 0.6 is 0 Å². The second-order valence-corrected chi connectivity index (χ2v) is 9.00. The van der Waals surface area contributed by atoms with Gasteiger partial charge in [0.05, 0.1) is 5.69 Å². The van der Waals surface area contributed by atoms with E-state index in [9.17, 15) is 15.0 Å². The Morgan fingerprint density at radius 3 is 1.71 bits per heavy atom. The van der Waals surface area contributed by atoms with E-state index in [2.05, 4.69) is 6.07 Å². The van der Waals surface area contributed by atoms with E-state index in [1.807, 2.05) is 72.8 Å². The summed E-state index contributed by atoms with van der Waals surface area (Å²) < 4.78 is 0. The van der Waals surface area contributed by atoms with E-state index in [1.165, 1.54) is 12.1 Å². The van der Waals surface area contributed by atoms with Gasteiger partial charge in [0.2, 0.25) is 0 Å². The van der Waals surface area contributed by atoms with Crippen molar-refractivity contribution >= 4 is 39.4 Å². The van der Waals surface area contributed by atoms with Gasteiger partial charge in [-0.15, -0.1) is 0 Å². The van der Waals surface area contributed by atoms with Gasteiger partial charge >= 0.3 is 5.97 Å². The maximum Gasteiger partial charge on any atom is 0.339 e. The van der Waals surface area contributed by atoms with Crippen molar-refractivity contribution in [3.63, 3.8) is 0 Å². The number of carboxylic acids is 1. The molecule has 0 spiro atoms. The van der Waals surface area contributed by atoms with E-state index in [1.54, 1.807) is 36.5 Å². The third-order valence-corrected chi connectivity index (χ3v) is 6.48. The van der Waals surface area contributed by atoms with Gasteiger partial charge in [-0.25, -0.2) is 4.79 Å². The van der Waals surface area contributed by atoms with Crippen molar-refractivity contribution in [3.8, 4) is 28.4 Å². The largest absolute Gasteiger partial charge is 0.507 e. The van der Waals surface area contributed by atoms with Crippen molar-refractivity contribution in [2.75, 3.05) is 0 Å². The number of para-hydroxylation sites is 2. The summed E-state index contributed by atoms with van der Waals surface area (Å²) >= 11 is 0. The van der Waals surface area contributed by atoms with Crippen LogP contribution in [0, 0.1) is 0 Å². The summed E-state index contributed by atoms with van der Waals surface area (Å²) in [6.07, 6.45) is 1.66. The van der Waals surface area contributed by atoms with Gasteiger partial charge < -0.3 is 20.4 Å². The predicted octanol–water partition coefficient (Wildman–Crippen LogP) is 7.91. The number of carboxylic acid groups (broad SMARTS) is 1. The summed E-state index contributed by atoms with van der Waals surface area (Å²) in [5, 5.41) is 42.4. The number of fused-ring (bicyclic) bond motifs is 2. The first-order valence-corrected chi connectivity index (χ1v) is 12.5. The van der Waals surface area contributed by atoms with Crippen LogP contribution in [0.4, 0.5) is 5.69 Å². The van der Waals surface area contributed by atoms with Crippen molar-refractivity contribution < 1.29 is 46.9 Å². The Balaban J connectivity index is 0.000000300. The van der Waals surface area contributed by atoms with Crippen molar-refractivity contribution in [1.82, 2.24) is 0 Å². The Kier molecular flexibility index (Phi) is 9.20. The van der Waals surface area contributed by atoms with Gasteiger partial charge in [-0.3, -0.25) is 4.99 Å². The van der Waals surface area contributed by atoms with Crippen LogP contribution in [0.25, 0.3) is 32.7 Å². The van der Waals surface area contributed by atoms with E-state index >= 15 is 0 Å². The van der Waals surface area contributed by atoms with E-state index in [0.717, 1.165) is 38.4 Å². The summed E-state index contributed by atoms with van der Waals surface area (Å²) in [7, 11) is 0. The molecule has 0 aliphatic heterocycles. The summed E-state index contributed by atoms with van der Waals surface area (Å²) in [6, 6.07) is 36.6. The molecule has 0 aromatic heterocycles. The number of hydrogen-bond acceptors (Lipinski definition) is 5.